The molecule has 2 rings (SSSR count). The predicted molar refractivity (Wildman–Crippen MR) is 75.0 cm³/mol. The SMILES string of the molecule is COC(=O)C(NCC1CC1)c1cccc(OC)c1OC. The average molecular weight is 279 g/mol. The van der Waals surface area contributed by atoms with Crippen LogP contribution in [-0.4, -0.2) is 33.8 Å². The number of hydrogen-bond donors (Lipinski definition) is 1. The molecule has 1 aromatic rings. The number of carbonyl (C=O) groups is 1. The normalized spacial score (nSPS) is 15.6. The summed E-state index contributed by atoms with van der Waals surface area (Å²) in [5.74, 6) is 1.51. The molecule has 0 heterocycles. The highest BCUT2D eigenvalue weighted by atomic mass is 16.5. The minimum absolute atomic E-state index is 0.322. The number of carbonyl (C=O) groups excluding carboxylic acids is 1. The van der Waals surface area contributed by atoms with E-state index in [9.17, 15) is 4.79 Å². The molecule has 20 heavy (non-hydrogen) atoms. The largest absolute Gasteiger partial charge is 0.493 e. The monoisotopic (exact) mass is 279 g/mol. The quantitative estimate of drug-likeness (QED) is 0.773. The van der Waals surface area contributed by atoms with E-state index < -0.39 is 6.04 Å². The van der Waals surface area contributed by atoms with Gasteiger partial charge in [-0.3, -0.25) is 0 Å². The van der Waals surface area contributed by atoms with Crippen LogP contribution < -0.4 is 14.8 Å². The molecule has 0 saturated heterocycles. The lowest BCUT2D eigenvalue weighted by molar-refractivity contribution is -0.143. The van der Waals surface area contributed by atoms with Crippen molar-refractivity contribution in [3.05, 3.63) is 23.8 Å². The molecule has 0 radical (unpaired) electrons. The van der Waals surface area contributed by atoms with Gasteiger partial charge in [0, 0.05) is 5.56 Å². The van der Waals surface area contributed by atoms with E-state index in [0.717, 1.165) is 12.1 Å². The van der Waals surface area contributed by atoms with E-state index in [0.29, 0.717) is 17.4 Å². The third kappa shape index (κ3) is 3.22. The van der Waals surface area contributed by atoms with Crippen molar-refractivity contribution in [3.63, 3.8) is 0 Å². The topological polar surface area (TPSA) is 56.8 Å². The fraction of sp³-hybridized carbons (Fsp3) is 0.533. The van der Waals surface area contributed by atoms with Crippen LogP contribution in [0.4, 0.5) is 0 Å². The van der Waals surface area contributed by atoms with Crippen molar-refractivity contribution in [2.45, 2.75) is 18.9 Å². The van der Waals surface area contributed by atoms with Crippen molar-refractivity contribution in [1.82, 2.24) is 5.32 Å². The summed E-state index contributed by atoms with van der Waals surface area (Å²) in [6, 6.07) is 4.96. The highest BCUT2D eigenvalue weighted by Crippen LogP contribution is 2.36. The zero-order valence-corrected chi connectivity index (χ0v) is 12.1. The van der Waals surface area contributed by atoms with Crippen LogP contribution in [0, 0.1) is 5.92 Å². The van der Waals surface area contributed by atoms with Crippen molar-refractivity contribution in [2.75, 3.05) is 27.9 Å². The minimum atomic E-state index is -0.536. The van der Waals surface area contributed by atoms with E-state index in [1.807, 2.05) is 12.1 Å². The van der Waals surface area contributed by atoms with Crippen molar-refractivity contribution >= 4 is 5.97 Å². The molecule has 0 amide bonds. The molecule has 1 unspecified atom stereocenters. The van der Waals surface area contributed by atoms with Gasteiger partial charge in [0.1, 0.15) is 6.04 Å². The Bertz CT molecular complexity index is 471. The van der Waals surface area contributed by atoms with Gasteiger partial charge in [-0.15, -0.1) is 0 Å². The number of ether oxygens (including phenoxy) is 3. The Kier molecular flexibility index (Phi) is 4.84. The molecule has 1 aliphatic carbocycles. The molecule has 5 nitrogen and oxygen atoms in total. The fourth-order valence-corrected chi connectivity index (χ4v) is 2.18. The standard InChI is InChI=1S/C15H21NO4/c1-18-12-6-4-5-11(14(12)19-2)13(15(17)20-3)16-9-10-7-8-10/h4-6,10,13,16H,7-9H2,1-3H3. The molecule has 5 heteroatoms. The molecule has 110 valence electrons. The van der Waals surface area contributed by atoms with Gasteiger partial charge in [0.15, 0.2) is 11.5 Å². The Morgan fingerprint density at radius 3 is 2.60 bits per heavy atom. The van der Waals surface area contributed by atoms with Gasteiger partial charge in [0.25, 0.3) is 0 Å². The van der Waals surface area contributed by atoms with E-state index >= 15 is 0 Å². The van der Waals surface area contributed by atoms with Gasteiger partial charge in [-0.05, 0) is 31.4 Å². The summed E-state index contributed by atoms with van der Waals surface area (Å²) in [4.78, 5) is 12.0. The van der Waals surface area contributed by atoms with Crippen molar-refractivity contribution in [3.8, 4) is 11.5 Å². The Balaban J connectivity index is 2.28. The third-order valence-electron chi connectivity index (χ3n) is 3.49. The first kappa shape index (κ1) is 14.7. The van der Waals surface area contributed by atoms with Crippen LogP contribution in [0.15, 0.2) is 18.2 Å². The second-order valence-corrected chi connectivity index (χ2v) is 4.89. The molecule has 1 N–H and O–H groups in total. The molecular formula is C15H21NO4. The molecule has 1 atom stereocenters. The second-order valence-electron chi connectivity index (χ2n) is 4.89. The summed E-state index contributed by atoms with van der Waals surface area (Å²) < 4.78 is 15.6. The Morgan fingerprint density at radius 1 is 1.30 bits per heavy atom. The molecular weight excluding hydrogens is 258 g/mol. The average Bonchev–Trinajstić information content (AvgIpc) is 3.30. The van der Waals surface area contributed by atoms with E-state index in [1.54, 1.807) is 20.3 Å². The summed E-state index contributed by atoms with van der Waals surface area (Å²) in [5.41, 5.74) is 0.736. The summed E-state index contributed by atoms with van der Waals surface area (Å²) in [5, 5.41) is 3.26. The van der Waals surface area contributed by atoms with E-state index in [2.05, 4.69) is 5.32 Å². The number of benzene rings is 1. The molecule has 1 fully saturated rings. The van der Waals surface area contributed by atoms with Gasteiger partial charge in [-0.1, -0.05) is 12.1 Å². The summed E-state index contributed by atoms with van der Waals surface area (Å²) in [6.07, 6.45) is 2.44. The van der Waals surface area contributed by atoms with Crippen LogP contribution in [0.25, 0.3) is 0 Å². The lowest BCUT2D eigenvalue weighted by atomic mass is 10.0. The molecule has 1 saturated carbocycles. The highest BCUT2D eigenvalue weighted by molar-refractivity contribution is 5.79. The molecule has 0 aromatic heterocycles. The van der Waals surface area contributed by atoms with Gasteiger partial charge >= 0.3 is 5.97 Å². The van der Waals surface area contributed by atoms with E-state index in [1.165, 1.54) is 20.0 Å². The van der Waals surface area contributed by atoms with Crippen LogP contribution in [0.5, 0.6) is 11.5 Å². The fourth-order valence-electron chi connectivity index (χ4n) is 2.18. The Hall–Kier alpha value is -1.75. The first-order chi connectivity index (χ1) is 9.71. The highest BCUT2D eigenvalue weighted by Gasteiger charge is 2.29. The molecule has 1 aliphatic rings. The second kappa shape index (κ2) is 6.61. The van der Waals surface area contributed by atoms with Crippen LogP contribution >= 0.6 is 0 Å². The Labute approximate surface area is 119 Å². The zero-order valence-electron chi connectivity index (χ0n) is 12.1. The van der Waals surface area contributed by atoms with Crippen molar-refractivity contribution in [1.29, 1.82) is 0 Å². The lowest BCUT2D eigenvalue weighted by Gasteiger charge is -2.20. The third-order valence-corrected chi connectivity index (χ3v) is 3.49. The summed E-state index contributed by atoms with van der Waals surface area (Å²) in [6.45, 7) is 0.806. The lowest BCUT2D eigenvalue weighted by Crippen LogP contribution is -2.31. The van der Waals surface area contributed by atoms with Gasteiger partial charge in [0.2, 0.25) is 0 Å². The van der Waals surface area contributed by atoms with Crippen molar-refractivity contribution < 1.29 is 19.0 Å². The van der Waals surface area contributed by atoms with Crippen molar-refractivity contribution in [2.24, 2.45) is 5.92 Å². The number of nitrogens with one attached hydrogen (secondary N) is 1. The summed E-state index contributed by atoms with van der Waals surface area (Å²) in [7, 11) is 4.53. The van der Waals surface area contributed by atoms with Gasteiger partial charge in [-0.25, -0.2) is 4.79 Å². The van der Waals surface area contributed by atoms with E-state index in [4.69, 9.17) is 14.2 Å². The molecule has 0 spiro atoms. The van der Waals surface area contributed by atoms with Gasteiger partial charge < -0.3 is 19.5 Å². The first-order valence-corrected chi connectivity index (χ1v) is 6.73. The summed E-state index contributed by atoms with van der Waals surface area (Å²) >= 11 is 0. The zero-order chi connectivity index (χ0) is 14.5. The maximum Gasteiger partial charge on any atom is 0.327 e. The van der Waals surface area contributed by atoms with Crippen LogP contribution in [-0.2, 0) is 9.53 Å². The molecule has 1 aromatic carbocycles. The number of para-hydroxylation sites is 1. The van der Waals surface area contributed by atoms with Crippen LogP contribution in [0.2, 0.25) is 0 Å². The molecule has 0 aliphatic heterocycles. The van der Waals surface area contributed by atoms with Gasteiger partial charge in [0.05, 0.1) is 21.3 Å². The van der Waals surface area contributed by atoms with Crippen LogP contribution in [0.3, 0.4) is 0 Å². The van der Waals surface area contributed by atoms with E-state index in [-0.39, 0.29) is 5.97 Å². The maximum atomic E-state index is 12.0. The van der Waals surface area contributed by atoms with Crippen LogP contribution in [0.1, 0.15) is 24.4 Å². The minimum Gasteiger partial charge on any atom is -0.493 e. The van der Waals surface area contributed by atoms with Gasteiger partial charge in [-0.2, -0.15) is 0 Å². The Morgan fingerprint density at radius 2 is 2.05 bits per heavy atom. The number of hydrogen-bond acceptors (Lipinski definition) is 5. The smallest absolute Gasteiger partial charge is 0.327 e. The number of rotatable bonds is 7. The predicted octanol–water partition coefficient (Wildman–Crippen LogP) is 1.92. The maximum absolute atomic E-state index is 12.0. The number of methoxy groups -OCH3 is 3. The first-order valence-electron chi connectivity index (χ1n) is 6.73. The number of esters is 1. The molecule has 0 bridgehead atoms.